The summed E-state index contributed by atoms with van der Waals surface area (Å²) in [5.41, 5.74) is 3.05. The third-order valence-corrected chi connectivity index (χ3v) is 9.49. The molecule has 3 fully saturated rings. The molecule has 2 aliphatic carbocycles. The Hall–Kier alpha value is -4.11. The lowest BCUT2D eigenvalue weighted by Crippen LogP contribution is -2.76. The molecule has 0 aromatic heterocycles. The lowest BCUT2D eigenvalue weighted by atomic mass is 9.79. The minimum Gasteiger partial charge on any atom is -0.508 e. The molecule has 226 valence electrons. The number of benzene rings is 2. The highest BCUT2D eigenvalue weighted by Gasteiger charge is 2.51. The molecular weight excluding hydrogens is 542 g/mol. The van der Waals surface area contributed by atoms with Crippen LogP contribution < -0.4 is 5.32 Å². The molecule has 4 aliphatic rings. The molecule has 2 aromatic carbocycles. The van der Waals surface area contributed by atoms with Crippen molar-refractivity contribution in [3.63, 3.8) is 0 Å². The molecule has 2 aromatic rings. The predicted octanol–water partition coefficient (Wildman–Crippen LogP) is 3.92. The van der Waals surface area contributed by atoms with Crippen LogP contribution in [0.2, 0.25) is 0 Å². The van der Waals surface area contributed by atoms with E-state index in [0.29, 0.717) is 31.3 Å². The molecule has 1 saturated carbocycles. The number of hydrogen-bond acceptors (Lipinski definition) is 5. The van der Waals surface area contributed by atoms with Gasteiger partial charge in [-0.2, -0.15) is 0 Å². The highest BCUT2D eigenvalue weighted by Crippen LogP contribution is 2.44. The van der Waals surface area contributed by atoms with Gasteiger partial charge in [-0.05, 0) is 65.8 Å². The Morgan fingerprint density at radius 2 is 1.79 bits per heavy atom. The minimum atomic E-state index is -0.770. The highest BCUT2D eigenvalue weighted by atomic mass is 16.3. The lowest BCUT2D eigenvalue weighted by molar-refractivity contribution is -0.186. The average molecular weight is 584 g/mol. The average Bonchev–Trinajstić information content (AvgIpc) is 3.85. The SMILES string of the molecule is CC(C1CC1)C1CC=CC=C1CN1C[C@H]2N(C(=O)CN(C)N2C(=O)NCc2ccccc2)[C@@H](Cc2ccc(O)cc2)C1=O. The molecule has 2 saturated heterocycles. The van der Waals surface area contributed by atoms with Crippen molar-refractivity contribution in [2.45, 2.75) is 51.4 Å². The fourth-order valence-electron chi connectivity index (χ4n) is 6.94. The van der Waals surface area contributed by atoms with Gasteiger partial charge < -0.3 is 20.2 Å². The van der Waals surface area contributed by atoms with Gasteiger partial charge in [-0.1, -0.05) is 67.6 Å². The number of carbonyl (C=O) groups excluding carboxylic acids is 3. The number of amides is 4. The summed E-state index contributed by atoms with van der Waals surface area (Å²) in [6.45, 7) is 3.37. The first-order valence-corrected chi connectivity index (χ1v) is 15.4. The van der Waals surface area contributed by atoms with Crippen molar-refractivity contribution in [2.75, 3.05) is 26.7 Å². The van der Waals surface area contributed by atoms with Crippen LogP contribution >= 0.6 is 0 Å². The number of likely N-dealkylation sites (N-methyl/N-ethyl adjacent to an activating group) is 1. The molecule has 6 rings (SSSR count). The third kappa shape index (κ3) is 6.18. The summed E-state index contributed by atoms with van der Waals surface area (Å²) in [5, 5.41) is 16.1. The van der Waals surface area contributed by atoms with E-state index in [-0.39, 0.29) is 36.7 Å². The Bertz CT molecular complexity index is 1400. The molecular formula is C34H41N5O4. The summed E-state index contributed by atoms with van der Waals surface area (Å²) in [6, 6.07) is 15.4. The fraction of sp³-hybridized carbons (Fsp3) is 0.441. The number of phenols is 1. The quantitative estimate of drug-likeness (QED) is 0.491. The van der Waals surface area contributed by atoms with Crippen molar-refractivity contribution in [1.82, 2.24) is 25.1 Å². The molecule has 4 atom stereocenters. The van der Waals surface area contributed by atoms with Crippen LogP contribution in [0.3, 0.4) is 0 Å². The first kappa shape index (κ1) is 29.0. The van der Waals surface area contributed by atoms with Crippen molar-refractivity contribution in [3.8, 4) is 5.75 Å². The zero-order chi connectivity index (χ0) is 30.1. The summed E-state index contributed by atoms with van der Waals surface area (Å²) in [6.07, 6.45) is 9.60. The molecule has 0 bridgehead atoms. The molecule has 2 heterocycles. The maximum atomic E-state index is 14.3. The zero-order valence-corrected chi connectivity index (χ0v) is 24.9. The van der Waals surface area contributed by atoms with Crippen molar-refractivity contribution < 1.29 is 19.5 Å². The second-order valence-corrected chi connectivity index (χ2v) is 12.4. The summed E-state index contributed by atoms with van der Waals surface area (Å²) in [7, 11) is 1.74. The Labute approximate surface area is 253 Å². The summed E-state index contributed by atoms with van der Waals surface area (Å²) < 4.78 is 0. The van der Waals surface area contributed by atoms with Gasteiger partial charge in [-0.15, -0.1) is 0 Å². The number of aromatic hydroxyl groups is 1. The van der Waals surface area contributed by atoms with Gasteiger partial charge in [-0.25, -0.2) is 14.8 Å². The minimum absolute atomic E-state index is 0.00839. The van der Waals surface area contributed by atoms with Crippen molar-refractivity contribution in [3.05, 3.63) is 89.5 Å². The Balaban J connectivity index is 1.30. The first-order chi connectivity index (χ1) is 20.8. The van der Waals surface area contributed by atoms with Crippen molar-refractivity contribution >= 4 is 17.8 Å². The van der Waals surface area contributed by atoms with Crippen molar-refractivity contribution in [2.24, 2.45) is 17.8 Å². The van der Waals surface area contributed by atoms with E-state index in [1.54, 1.807) is 46.2 Å². The van der Waals surface area contributed by atoms with Crippen LogP contribution in [0.1, 0.15) is 37.3 Å². The molecule has 9 nitrogen and oxygen atoms in total. The van der Waals surface area contributed by atoms with Crippen LogP contribution in [0.5, 0.6) is 5.75 Å². The van der Waals surface area contributed by atoms with Gasteiger partial charge in [0.15, 0.2) is 0 Å². The third-order valence-electron chi connectivity index (χ3n) is 9.49. The lowest BCUT2D eigenvalue weighted by Gasteiger charge is -2.54. The smallest absolute Gasteiger partial charge is 0.334 e. The van der Waals surface area contributed by atoms with Crippen LogP contribution in [0.25, 0.3) is 0 Å². The van der Waals surface area contributed by atoms with E-state index in [0.717, 1.165) is 23.5 Å². The van der Waals surface area contributed by atoms with Gasteiger partial charge in [-0.3, -0.25) is 9.59 Å². The molecule has 2 unspecified atom stereocenters. The van der Waals surface area contributed by atoms with Crippen molar-refractivity contribution in [1.29, 1.82) is 0 Å². The summed E-state index contributed by atoms with van der Waals surface area (Å²) in [5.74, 6) is 1.51. The topological polar surface area (TPSA) is 96.4 Å². The number of phenolic OH excluding ortho intramolecular Hbond substituents is 1. The molecule has 43 heavy (non-hydrogen) atoms. The van der Waals surface area contributed by atoms with Crippen LogP contribution in [-0.2, 0) is 22.6 Å². The van der Waals surface area contributed by atoms with Crippen LogP contribution in [0.15, 0.2) is 78.4 Å². The first-order valence-electron chi connectivity index (χ1n) is 15.4. The molecule has 4 amide bonds. The number of allylic oxidation sites excluding steroid dienone is 3. The van der Waals surface area contributed by atoms with E-state index in [9.17, 15) is 19.5 Å². The fourth-order valence-corrected chi connectivity index (χ4v) is 6.94. The number of nitrogens with zero attached hydrogens (tertiary/aromatic N) is 4. The predicted molar refractivity (Wildman–Crippen MR) is 163 cm³/mol. The number of urea groups is 1. The molecule has 9 heteroatoms. The van der Waals surface area contributed by atoms with Crippen LogP contribution in [0, 0.1) is 17.8 Å². The largest absolute Gasteiger partial charge is 0.508 e. The maximum absolute atomic E-state index is 14.3. The molecule has 2 N–H and O–H groups in total. The second-order valence-electron chi connectivity index (χ2n) is 12.4. The Morgan fingerprint density at radius 1 is 1.05 bits per heavy atom. The summed E-state index contributed by atoms with van der Waals surface area (Å²) >= 11 is 0. The van der Waals surface area contributed by atoms with E-state index in [1.165, 1.54) is 18.4 Å². The number of carbonyl (C=O) groups is 3. The number of fused-ring (bicyclic) bond motifs is 1. The van der Waals surface area contributed by atoms with Crippen LogP contribution in [0.4, 0.5) is 4.79 Å². The van der Waals surface area contributed by atoms with E-state index in [4.69, 9.17) is 0 Å². The Kier molecular flexibility index (Phi) is 8.25. The van der Waals surface area contributed by atoms with Gasteiger partial charge in [0.25, 0.3) is 0 Å². The van der Waals surface area contributed by atoms with E-state index < -0.39 is 12.2 Å². The van der Waals surface area contributed by atoms with Gasteiger partial charge in [0.1, 0.15) is 18.0 Å². The van der Waals surface area contributed by atoms with Gasteiger partial charge in [0.05, 0.1) is 13.1 Å². The van der Waals surface area contributed by atoms with E-state index >= 15 is 0 Å². The molecule has 0 spiro atoms. The zero-order valence-electron chi connectivity index (χ0n) is 24.9. The van der Waals surface area contributed by atoms with Gasteiger partial charge in [0.2, 0.25) is 11.8 Å². The number of hydrogen-bond donors (Lipinski definition) is 2. The normalized spacial score (nSPS) is 24.9. The number of rotatable bonds is 8. The van der Waals surface area contributed by atoms with Gasteiger partial charge >= 0.3 is 6.03 Å². The second kappa shape index (κ2) is 12.2. The summed E-state index contributed by atoms with van der Waals surface area (Å²) in [4.78, 5) is 45.1. The standard InChI is InChI=1S/C34H41N5O4/c1-23(26-14-15-26)29-11-7-6-10-27(29)20-37-21-31-38(30(33(37)42)18-24-12-16-28(40)17-13-24)32(41)22-36(2)39(31)34(43)35-19-25-8-4-3-5-9-25/h3-10,12-13,16-17,23,26,29-31,40H,11,14-15,18-22H2,1-2H3,(H,35,43)/t23?,29?,30-,31-/m0/s1. The Morgan fingerprint density at radius 3 is 2.51 bits per heavy atom. The maximum Gasteiger partial charge on any atom is 0.334 e. The van der Waals surface area contributed by atoms with Crippen LogP contribution in [-0.4, -0.2) is 81.7 Å². The number of piperazine rings is 1. The van der Waals surface area contributed by atoms with Gasteiger partial charge in [0, 0.05) is 26.6 Å². The van der Waals surface area contributed by atoms with E-state index in [1.807, 2.05) is 35.2 Å². The molecule has 0 radical (unpaired) electrons. The number of hydrazine groups is 1. The monoisotopic (exact) mass is 583 g/mol. The highest BCUT2D eigenvalue weighted by molar-refractivity contribution is 5.91. The molecule has 2 aliphatic heterocycles. The van der Waals surface area contributed by atoms with E-state index in [2.05, 4.69) is 30.5 Å². The number of nitrogens with one attached hydrogen (secondary N) is 1.